The average molecular weight is 222 g/mol. The van der Waals surface area contributed by atoms with Crippen LogP contribution in [0.25, 0.3) is 0 Å². The standard InChI is InChI=1S/C9H18O3S.CH4/c1-3-9(10)13-8-7-12-6-5-11-4-2;/h3-8H2,1-2H3;1H4. The molecule has 0 fully saturated rings. The maximum absolute atomic E-state index is 10.8. The lowest BCUT2D eigenvalue weighted by molar-refractivity contribution is -0.110. The topological polar surface area (TPSA) is 35.5 Å². The molecular weight excluding hydrogens is 200 g/mol. The zero-order valence-corrected chi connectivity index (χ0v) is 9.19. The molecule has 0 spiro atoms. The van der Waals surface area contributed by atoms with Gasteiger partial charge in [0.25, 0.3) is 0 Å². The van der Waals surface area contributed by atoms with Gasteiger partial charge >= 0.3 is 0 Å². The van der Waals surface area contributed by atoms with Crippen molar-refractivity contribution in [3.05, 3.63) is 0 Å². The van der Waals surface area contributed by atoms with Crippen LogP contribution in [0.3, 0.4) is 0 Å². The van der Waals surface area contributed by atoms with Crippen molar-refractivity contribution >= 4 is 16.9 Å². The molecule has 0 aliphatic heterocycles. The monoisotopic (exact) mass is 222 g/mol. The number of hydrogen-bond donors (Lipinski definition) is 0. The summed E-state index contributed by atoms with van der Waals surface area (Å²) in [4.78, 5) is 10.8. The van der Waals surface area contributed by atoms with Crippen LogP contribution in [0.5, 0.6) is 0 Å². The molecule has 0 saturated carbocycles. The van der Waals surface area contributed by atoms with Crippen molar-refractivity contribution in [2.75, 3.05) is 32.2 Å². The van der Waals surface area contributed by atoms with E-state index in [-0.39, 0.29) is 12.5 Å². The molecule has 0 bridgehead atoms. The van der Waals surface area contributed by atoms with Crippen molar-refractivity contribution in [2.45, 2.75) is 27.7 Å². The first-order chi connectivity index (χ1) is 6.31. The molecule has 0 aromatic heterocycles. The van der Waals surface area contributed by atoms with Gasteiger partial charge in [-0.05, 0) is 6.92 Å². The predicted molar refractivity (Wildman–Crippen MR) is 61.8 cm³/mol. The lowest BCUT2D eigenvalue weighted by Gasteiger charge is -2.03. The number of rotatable bonds is 8. The Hall–Kier alpha value is -0.0600. The highest BCUT2D eigenvalue weighted by atomic mass is 32.2. The zero-order chi connectivity index (χ0) is 9.94. The summed E-state index contributed by atoms with van der Waals surface area (Å²) in [6.45, 7) is 6.44. The van der Waals surface area contributed by atoms with Crippen molar-refractivity contribution < 1.29 is 14.3 Å². The lowest BCUT2D eigenvalue weighted by atomic mass is 10.6. The summed E-state index contributed by atoms with van der Waals surface area (Å²) in [5, 5.41) is 0.230. The van der Waals surface area contributed by atoms with E-state index in [1.54, 1.807) is 0 Å². The SMILES string of the molecule is C.CCOCCOCCSC(=O)CC. The largest absolute Gasteiger partial charge is 0.379 e. The Morgan fingerprint density at radius 1 is 1.14 bits per heavy atom. The quantitative estimate of drug-likeness (QED) is 0.591. The third-order valence-corrected chi connectivity index (χ3v) is 2.34. The van der Waals surface area contributed by atoms with Crippen molar-refractivity contribution in [1.82, 2.24) is 0 Å². The van der Waals surface area contributed by atoms with Gasteiger partial charge in [0, 0.05) is 18.8 Å². The van der Waals surface area contributed by atoms with Gasteiger partial charge in [0.05, 0.1) is 19.8 Å². The number of carbonyl (C=O) groups is 1. The maximum atomic E-state index is 10.8. The molecule has 0 aliphatic rings. The van der Waals surface area contributed by atoms with E-state index in [0.717, 1.165) is 12.4 Å². The second kappa shape index (κ2) is 12.9. The maximum Gasteiger partial charge on any atom is 0.188 e. The first-order valence-corrected chi connectivity index (χ1v) is 5.60. The Morgan fingerprint density at radius 3 is 2.36 bits per heavy atom. The van der Waals surface area contributed by atoms with Crippen LogP contribution in [0.1, 0.15) is 27.7 Å². The molecule has 0 aromatic rings. The van der Waals surface area contributed by atoms with E-state index >= 15 is 0 Å². The van der Waals surface area contributed by atoms with E-state index in [4.69, 9.17) is 9.47 Å². The van der Waals surface area contributed by atoms with Crippen molar-refractivity contribution in [3.8, 4) is 0 Å². The van der Waals surface area contributed by atoms with Crippen molar-refractivity contribution in [2.24, 2.45) is 0 Å². The molecule has 0 aliphatic carbocycles. The molecule has 0 heterocycles. The van der Waals surface area contributed by atoms with E-state index < -0.39 is 0 Å². The summed E-state index contributed by atoms with van der Waals surface area (Å²) >= 11 is 1.34. The van der Waals surface area contributed by atoms with Gasteiger partial charge in [-0.15, -0.1) is 0 Å². The van der Waals surface area contributed by atoms with Gasteiger partial charge in [-0.2, -0.15) is 0 Å². The fraction of sp³-hybridized carbons (Fsp3) is 0.900. The van der Waals surface area contributed by atoms with E-state index in [0.29, 0.717) is 26.2 Å². The molecule has 0 rings (SSSR count). The van der Waals surface area contributed by atoms with E-state index in [2.05, 4.69) is 0 Å². The van der Waals surface area contributed by atoms with E-state index in [1.165, 1.54) is 11.8 Å². The minimum absolute atomic E-state index is 0. The third-order valence-electron chi connectivity index (χ3n) is 1.36. The van der Waals surface area contributed by atoms with Gasteiger partial charge in [0.15, 0.2) is 5.12 Å². The smallest absolute Gasteiger partial charge is 0.188 e. The summed E-state index contributed by atoms with van der Waals surface area (Å²) in [7, 11) is 0. The molecule has 0 radical (unpaired) electrons. The van der Waals surface area contributed by atoms with Crippen LogP contribution >= 0.6 is 11.8 Å². The summed E-state index contributed by atoms with van der Waals surface area (Å²) < 4.78 is 10.3. The Morgan fingerprint density at radius 2 is 1.79 bits per heavy atom. The van der Waals surface area contributed by atoms with Gasteiger partial charge in [0.1, 0.15) is 0 Å². The first kappa shape index (κ1) is 16.4. The van der Waals surface area contributed by atoms with Gasteiger partial charge in [-0.25, -0.2) is 0 Å². The number of ether oxygens (including phenoxy) is 2. The van der Waals surface area contributed by atoms with Crippen LogP contribution in [0, 0.1) is 0 Å². The fourth-order valence-electron chi connectivity index (χ4n) is 0.681. The average Bonchev–Trinajstić information content (AvgIpc) is 2.16. The van der Waals surface area contributed by atoms with Crippen molar-refractivity contribution in [1.29, 1.82) is 0 Å². The highest BCUT2D eigenvalue weighted by molar-refractivity contribution is 8.13. The van der Waals surface area contributed by atoms with Crippen LogP contribution < -0.4 is 0 Å². The molecule has 0 N–H and O–H groups in total. The molecule has 86 valence electrons. The highest BCUT2D eigenvalue weighted by Gasteiger charge is 1.97. The number of hydrogen-bond acceptors (Lipinski definition) is 4. The molecule has 0 amide bonds. The van der Waals surface area contributed by atoms with Crippen LogP contribution in [0.4, 0.5) is 0 Å². The van der Waals surface area contributed by atoms with Crippen LogP contribution in [-0.2, 0) is 14.3 Å². The molecule has 4 heteroatoms. The summed E-state index contributed by atoms with van der Waals surface area (Å²) in [5.74, 6) is 0.749. The fourth-order valence-corrected chi connectivity index (χ4v) is 1.31. The number of carbonyl (C=O) groups excluding carboxylic acids is 1. The van der Waals surface area contributed by atoms with E-state index in [1.807, 2.05) is 13.8 Å². The van der Waals surface area contributed by atoms with Gasteiger partial charge in [-0.3, -0.25) is 4.79 Å². The summed E-state index contributed by atoms with van der Waals surface area (Å²) in [6, 6.07) is 0. The highest BCUT2D eigenvalue weighted by Crippen LogP contribution is 2.03. The normalized spacial score (nSPS) is 9.57. The Balaban J connectivity index is 0. The van der Waals surface area contributed by atoms with Crippen molar-refractivity contribution in [3.63, 3.8) is 0 Å². The molecule has 0 saturated heterocycles. The molecule has 0 aromatic carbocycles. The summed E-state index contributed by atoms with van der Waals surface area (Å²) in [5.41, 5.74) is 0. The lowest BCUT2D eigenvalue weighted by Crippen LogP contribution is -2.06. The Labute approximate surface area is 91.5 Å². The number of thioether (sulfide) groups is 1. The summed E-state index contributed by atoms with van der Waals surface area (Å²) in [6.07, 6.45) is 0.601. The molecule has 0 atom stereocenters. The van der Waals surface area contributed by atoms with Gasteiger partial charge in [0.2, 0.25) is 0 Å². The minimum Gasteiger partial charge on any atom is -0.379 e. The Bertz CT molecular complexity index is 129. The van der Waals surface area contributed by atoms with Crippen LogP contribution in [-0.4, -0.2) is 37.3 Å². The second-order valence-electron chi connectivity index (χ2n) is 2.38. The molecule has 0 unspecified atom stereocenters. The second-order valence-corrected chi connectivity index (χ2v) is 3.54. The molecule has 3 nitrogen and oxygen atoms in total. The predicted octanol–water partition coefficient (Wildman–Crippen LogP) is 2.35. The van der Waals surface area contributed by atoms with E-state index in [9.17, 15) is 4.79 Å². The minimum atomic E-state index is 0. The van der Waals surface area contributed by atoms with Gasteiger partial charge < -0.3 is 9.47 Å². The van der Waals surface area contributed by atoms with Crippen LogP contribution in [0.2, 0.25) is 0 Å². The first-order valence-electron chi connectivity index (χ1n) is 4.62. The van der Waals surface area contributed by atoms with Crippen LogP contribution in [0.15, 0.2) is 0 Å². The van der Waals surface area contributed by atoms with Gasteiger partial charge in [-0.1, -0.05) is 26.1 Å². The molecular formula is C10H22O3S. The molecule has 14 heavy (non-hydrogen) atoms. The third kappa shape index (κ3) is 11.9. The Kier molecular flexibility index (Phi) is 15.1. The zero-order valence-electron chi connectivity index (χ0n) is 8.38.